The van der Waals surface area contributed by atoms with Crippen molar-refractivity contribution in [3.05, 3.63) is 11.8 Å². The van der Waals surface area contributed by atoms with Crippen molar-refractivity contribution in [2.75, 3.05) is 5.75 Å². The fourth-order valence-electron chi connectivity index (χ4n) is 2.18. The lowest BCUT2D eigenvalue weighted by Gasteiger charge is -2.48. The second-order valence-electron chi connectivity index (χ2n) is 4.62. The number of nitrogens with one attached hydrogen (secondary N) is 1. The molecule has 0 aromatic rings. The highest BCUT2D eigenvalue weighted by Gasteiger charge is 2.52. The number of fused-ring (bicyclic) bond motifs is 1. The molecular formula is C12H14N2O6S. The van der Waals surface area contributed by atoms with E-state index in [2.05, 4.69) is 5.32 Å². The van der Waals surface area contributed by atoms with Crippen LogP contribution in [0.25, 0.3) is 0 Å². The number of amides is 2. The lowest BCUT2D eigenvalue weighted by atomic mass is 10.0. The van der Waals surface area contributed by atoms with E-state index >= 15 is 0 Å². The SMILES string of the molecule is O=C(O)CCCC(=O)N[C@@H]1C(=O)N2C(C(=O)O)=CCS[C@@H]12. The van der Waals surface area contributed by atoms with Gasteiger partial charge in [0.05, 0.1) is 0 Å². The zero-order valence-electron chi connectivity index (χ0n) is 10.9. The molecule has 21 heavy (non-hydrogen) atoms. The quantitative estimate of drug-likeness (QED) is 0.570. The molecule has 0 bridgehead atoms. The minimum atomic E-state index is -1.17. The molecule has 2 aliphatic rings. The fourth-order valence-corrected chi connectivity index (χ4v) is 3.38. The molecule has 114 valence electrons. The molecule has 1 saturated heterocycles. The van der Waals surface area contributed by atoms with Crippen molar-refractivity contribution in [3.8, 4) is 0 Å². The third-order valence-corrected chi connectivity index (χ3v) is 4.36. The predicted molar refractivity (Wildman–Crippen MR) is 72.2 cm³/mol. The minimum absolute atomic E-state index is 0.0229. The summed E-state index contributed by atoms with van der Waals surface area (Å²) in [5, 5.41) is 19.6. The number of rotatable bonds is 6. The summed E-state index contributed by atoms with van der Waals surface area (Å²) < 4.78 is 0. The molecule has 0 unspecified atom stereocenters. The van der Waals surface area contributed by atoms with Gasteiger partial charge in [0.1, 0.15) is 17.1 Å². The summed E-state index contributed by atoms with van der Waals surface area (Å²) in [6, 6.07) is -0.740. The number of hydrogen-bond acceptors (Lipinski definition) is 5. The maximum atomic E-state index is 11.9. The number of β-lactam (4-membered cyclic amide) rings is 1. The predicted octanol–water partition coefficient (Wildman–Crippen LogP) is -0.390. The van der Waals surface area contributed by atoms with E-state index in [0.29, 0.717) is 5.75 Å². The van der Waals surface area contributed by atoms with E-state index < -0.39 is 35.2 Å². The zero-order chi connectivity index (χ0) is 15.6. The molecule has 0 saturated carbocycles. The molecule has 0 aliphatic carbocycles. The van der Waals surface area contributed by atoms with Crippen LogP contribution in [0.15, 0.2) is 11.8 Å². The molecule has 8 nitrogen and oxygen atoms in total. The van der Waals surface area contributed by atoms with E-state index in [1.807, 2.05) is 0 Å². The van der Waals surface area contributed by atoms with Gasteiger partial charge in [-0.05, 0) is 12.5 Å². The van der Waals surface area contributed by atoms with E-state index in [-0.39, 0.29) is 25.0 Å². The van der Waals surface area contributed by atoms with Crippen LogP contribution < -0.4 is 5.32 Å². The molecule has 0 spiro atoms. The number of carbonyl (C=O) groups is 4. The van der Waals surface area contributed by atoms with Crippen molar-refractivity contribution < 1.29 is 29.4 Å². The highest BCUT2D eigenvalue weighted by Crippen LogP contribution is 2.37. The van der Waals surface area contributed by atoms with E-state index in [1.54, 1.807) is 0 Å². The van der Waals surface area contributed by atoms with Crippen molar-refractivity contribution >= 4 is 35.5 Å². The fraction of sp³-hybridized carbons (Fsp3) is 0.500. The Morgan fingerprint density at radius 3 is 2.67 bits per heavy atom. The lowest BCUT2D eigenvalue weighted by Crippen LogP contribution is -2.70. The Bertz CT molecular complexity index is 532. The van der Waals surface area contributed by atoms with E-state index in [4.69, 9.17) is 10.2 Å². The maximum Gasteiger partial charge on any atom is 0.352 e. The summed E-state index contributed by atoms with van der Waals surface area (Å²) in [7, 11) is 0. The summed E-state index contributed by atoms with van der Waals surface area (Å²) in [6.07, 6.45) is 1.58. The topological polar surface area (TPSA) is 124 Å². The van der Waals surface area contributed by atoms with Gasteiger partial charge in [-0.3, -0.25) is 19.3 Å². The van der Waals surface area contributed by atoms with Gasteiger partial charge in [0.2, 0.25) is 5.91 Å². The van der Waals surface area contributed by atoms with Gasteiger partial charge in [0, 0.05) is 18.6 Å². The zero-order valence-corrected chi connectivity index (χ0v) is 11.8. The van der Waals surface area contributed by atoms with Crippen LogP contribution in [0.4, 0.5) is 0 Å². The first-order chi connectivity index (χ1) is 9.91. The van der Waals surface area contributed by atoms with Crippen molar-refractivity contribution in [1.29, 1.82) is 0 Å². The van der Waals surface area contributed by atoms with Crippen LogP contribution in [-0.2, 0) is 19.2 Å². The second kappa shape index (κ2) is 6.17. The summed E-state index contributed by atoms with van der Waals surface area (Å²) in [4.78, 5) is 46.1. The van der Waals surface area contributed by atoms with Gasteiger partial charge < -0.3 is 15.5 Å². The van der Waals surface area contributed by atoms with Crippen LogP contribution in [0, 0.1) is 0 Å². The van der Waals surface area contributed by atoms with Crippen LogP contribution in [-0.4, -0.2) is 56.0 Å². The minimum Gasteiger partial charge on any atom is -0.481 e. The smallest absolute Gasteiger partial charge is 0.352 e. The number of carbonyl (C=O) groups excluding carboxylic acids is 2. The molecule has 9 heteroatoms. The molecule has 2 atom stereocenters. The van der Waals surface area contributed by atoms with Gasteiger partial charge in [-0.2, -0.15) is 0 Å². The number of nitrogens with zero attached hydrogens (tertiary/aromatic N) is 1. The first-order valence-corrected chi connectivity index (χ1v) is 7.36. The van der Waals surface area contributed by atoms with Crippen LogP contribution in [0.3, 0.4) is 0 Å². The Morgan fingerprint density at radius 1 is 1.33 bits per heavy atom. The van der Waals surface area contributed by atoms with Crippen LogP contribution in [0.1, 0.15) is 19.3 Å². The molecular weight excluding hydrogens is 300 g/mol. The molecule has 2 heterocycles. The summed E-state index contributed by atoms with van der Waals surface area (Å²) in [6.45, 7) is 0. The Balaban J connectivity index is 1.88. The third-order valence-electron chi connectivity index (χ3n) is 3.18. The monoisotopic (exact) mass is 314 g/mol. The van der Waals surface area contributed by atoms with Crippen molar-refractivity contribution in [2.45, 2.75) is 30.7 Å². The van der Waals surface area contributed by atoms with Gasteiger partial charge >= 0.3 is 11.9 Å². The first-order valence-electron chi connectivity index (χ1n) is 6.31. The molecule has 2 amide bonds. The van der Waals surface area contributed by atoms with E-state index in [1.165, 1.54) is 22.7 Å². The third kappa shape index (κ3) is 3.18. The van der Waals surface area contributed by atoms with Crippen LogP contribution in [0.2, 0.25) is 0 Å². The van der Waals surface area contributed by atoms with Crippen molar-refractivity contribution in [1.82, 2.24) is 10.2 Å². The summed E-state index contributed by atoms with van der Waals surface area (Å²) in [5.74, 6) is -2.54. The summed E-state index contributed by atoms with van der Waals surface area (Å²) >= 11 is 1.37. The summed E-state index contributed by atoms with van der Waals surface area (Å²) in [5.41, 5.74) is -0.0554. The van der Waals surface area contributed by atoms with Crippen LogP contribution >= 0.6 is 11.8 Å². The number of aliphatic carboxylic acids is 2. The van der Waals surface area contributed by atoms with Crippen molar-refractivity contribution in [3.63, 3.8) is 0 Å². The van der Waals surface area contributed by atoms with E-state index in [0.717, 1.165) is 0 Å². The highest BCUT2D eigenvalue weighted by molar-refractivity contribution is 8.00. The molecule has 0 aromatic heterocycles. The number of thioether (sulfide) groups is 1. The average molecular weight is 314 g/mol. The number of hydrogen-bond donors (Lipinski definition) is 3. The molecule has 2 rings (SSSR count). The van der Waals surface area contributed by atoms with Gasteiger partial charge in [0.25, 0.3) is 5.91 Å². The first kappa shape index (κ1) is 15.4. The molecule has 3 N–H and O–H groups in total. The van der Waals surface area contributed by atoms with Crippen LogP contribution in [0.5, 0.6) is 0 Å². The molecule has 1 fully saturated rings. The average Bonchev–Trinajstić information content (AvgIpc) is 2.43. The Morgan fingerprint density at radius 2 is 2.05 bits per heavy atom. The largest absolute Gasteiger partial charge is 0.481 e. The Labute approximate surface area is 124 Å². The lowest BCUT2D eigenvalue weighted by molar-refractivity contribution is -0.150. The normalized spacial score (nSPS) is 23.7. The van der Waals surface area contributed by atoms with Gasteiger partial charge in [-0.25, -0.2) is 4.79 Å². The molecule has 0 aromatic carbocycles. The standard InChI is InChI=1S/C12H14N2O6S/c15-7(2-1-3-8(16)17)13-9-10(18)14-6(12(19)20)4-5-21-11(9)14/h4,9,11H,1-3,5H2,(H,13,15)(H,16,17)(H,19,20)/t9-,11+/m1/s1. The highest BCUT2D eigenvalue weighted by atomic mass is 32.2. The number of carboxylic acids is 2. The number of carboxylic acid groups (broad SMARTS) is 2. The Hall–Kier alpha value is -2.03. The molecule has 2 aliphatic heterocycles. The van der Waals surface area contributed by atoms with Gasteiger partial charge in [-0.1, -0.05) is 0 Å². The van der Waals surface area contributed by atoms with Gasteiger partial charge in [-0.15, -0.1) is 11.8 Å². The maximum absolute atomic E-state index is 11.9. The Kier molecular flexibility index (Phi) is 4.51. The van der Waals surface area contributed by atoms with Gasteiger partial charge in [0.15, 0.2) is 0 Å². The van der Waals surface area contributed by atoms with E-state index in [9.17, 15) is 19.2 Å². The second-order valence-corrected chi connectivity index (χ2v) is 5.77. The van der Waals surface area contributed by atoms with Crippen molar-refractivity contribution in [2.24, 2.45) is 0 Å². The molecule has 0 radical (unpaired) electrons.